The highest BCUT2D eigenvalue weighted by Gasteiger charge is 2.10. The predicted octanol–water partition coefficient (Wildman–Crippen LogP) is 5.36. The molecule has 6 heteroatoms. The van der Waals surface area contributed by atoms with Crippen molar-refractivity contribution in [2.75, 3.05) is 11.9 Å². The number of ether oxygens (including phenoxy) is 1. The number of hydrogen-bond acceptors (Lipinski definition) is 4. The number of halogens is 1. The lowest BCUT2D eigenvalue weighted by atomic mass is 10.1. The molecule has 0 bridgehead atoms. The Morgan fingerprint density at radius 2 is 1.77 bits per heavy atom. The van der Waals surface area contributed by atoms with Gasteiger partial charge in [0.15, 0.2) is 0 Å². The Bertz CT molecular complexity index is 1160. The Labute approximate surface area is 182 Å². The number of aromatic nitrogens is 1. The highest BCUT2D eigenvalue weighted by molar-refractivity contribution is 9.10. The molecule has 1 amide bonds. The Morgan fingerprint density at radius 3 is 2.53 bits per heavy atom. The standard InChI is InChI=1S/C24H19BrN2O3/c25-20-6-1-16(2-7-20)23(28)15-30-22-9-4-17(5-10-22)24(29)27-21-8-3-19-14-26-12-11-18(19)13-21/h1-14,23,28H,15H2,(H,27,29). The van der Waals surface area contributed by atoms with E-state index in [-0.39, 0.29) is 12.5 Å². The van der Waals surface area contributed by atoms with Crippen molar-refractivity contribution >= 4 is 38.3 Å². The van der Waals surface area contributed by atoms with Gasteiger partial charge in [0.1, 0.15) is 18.5 Å². The third kappa shape index (κ3) is 4.84. The number of carbonyl (C=O) groups excluding carboxylic acids is 1. The summed E-state index contributed by atoms with van der Waals surface area (Å²) in [5.41, 5.74) is 2.02. The topological polar surface area (TPSA) is 71.5 Å². The molecule has 0 saturated heterocycles. The van der Waals surface area contributed by atoms with E-state index in [1.165, 1.54) is 0 Å². The molecule has 0 spiro atoms. The van der Waals surface area contributed by atoms with Crippen molar-refractivity contribution in [1.29, 1.82) is 0 Å². The van der Waals surface area contributed by atoms with Gasteiger partial charge >= 0.3 is 0 Å². The Morgan fingerprint density at radius 1 is 1.00 bits per heavy atom. The molecule has 0 aliphatic carbocycles. The van der Waals surface area contributed by atoms with E-state index in [0.29, 0.717) is 11.3 Å². The van der Waals surface area contributed by atoms with Gasteiger partial charge in [-0.05, 0) is 65.5 Å². The molecule has 5 nitrogen and oxygen atoms in total. The molecule has 4 aromatic rings. The third-order valence-corrected chi connectivity index (χ3v) is 5.21. The maximum Gasteiger partial charge on any atom is 0.255 e. The fourth-order valence-electron chi connectivity index (χ4n) is 3.02. The average molecular weight is 463 g/mol. The highest BCUT2D eigenvalue weighted by atomic mass is 79.9. The molecule has 0 radical (unpaired) electrons. The van der Waals surface area contributed by atoms with Crippen LogP contribution < -0.4 is 10.1 Å². The van der Waals surface area contributed by atoms with Crippen LogP contribution in [0.25, 0.3) is 10.8 Å². The number of aliphatic hydroxyl groups is 1. The Hall–Kier alpha value is -3.22. The summed E-state index contributed by atoms with van der Waals surface area (Å²) in [7, 11) is 0. The van der Waals surface area contributed by atoms with E-state index in [2.05, 4.69) is 26.2 Å². The van der Waals surface area contributed by atoms with Crippen LogP contribution in [0.4, 0.5) is 5.69 Å². The Balaban J connectivity index is 1.36. The number of hydrogen-bond donors (Lipinski definition) is 2. The molecule has 0 saturated carbocycles. The summed E-state index contributed by atoms with van der Waals surface area (Å²) >= 11 is 3.37. The number of nitrogens with one attached hydrogen (secondary N) is 1. The molecular weight excluding hydrogens is 444 g/mol. The summed E-state index contributed by atoms with van der Waals surface area (Å²) in [4.78, 5) is 16.6. The van der Waals surface area contributed by atoms with Crippen LogP contribution in [-0.2, 0) is 0 Å². The van der Waals surface area contributed by atoms with E-state index in [4.69, 9.17) is 4.74 Å². The largest absolute Gasteiger partial charge is 0.491 e. The molecule has 4 rings (SSSR count). The van der Waals surface area contributed by atoms with Crippen LogP contribution in [-0.4, -0.2) is 22.6 Å². The van der Waals surface area contributed by atoms with Crippen molar-refractivity contribution in [3.63, 3.8) is 0 Å². The maximum atomic E-state index is 12.5. The first kappa shape index (κ1) is 20.1. The van der Waals surface area contributed by atoms with Crippen molar-refractivity contribution in [3.8, 4) is 5.75 Å². The summed E-state index contributed by atoms with van der Waals surface area (Å²) in [6.07, 6.45) is 2.78. The van der Waals surface area contributed by atoms with Crippen molar-refractivity contribution in [1.82, 2.24) is 4.98 Å². The molecule has 2 N–H and O–H groups in total. The van der Waals surface area contributed by atoms with Gasteiger partial charge in [-0.1, -0.05) is 34.1 Å². The van der Waals surface area contributed by atoms with Gasteiger partial charge in [-0.3, -0.25) is 9.78 Å². The first-order valence-corrected chi connectivity index (χ1v) is 10.2. The number of benzene rings is 3. The lowest BCUT2D eigenvalue weighted by Crippen LogP contribution is -2.12. The fourth-order valence-corrected chi connectivity index (χ4v) is 3.29. The molecule has 0 aliphatic rings. The number of amides is 1. The van der Waals surface area contributed by atoms with Gasteiger partial charge in [0, 0.05) is 33.5 Å². The van der Waals surface area contributed by atoms with Gasteiger partial charge in [0.25, 0.3) is 5.91 Å². The third-order valence-electron chi connectivity index (χ3n) is 4.68. The molecule has 0 aliphatic heterocycles. The molecular formula is C24H19BrN2O3. The number of aliphatic hydroxyl groups excluding tert-OH is 1. The van der Waals surface area contributed by atoms with Crippen molar-refractivity contribution in [3.05, 3.63) is 101 Å². The second-order valence-corrected chi connectivity index (χ2v) is 7.71. The second-order valence-electron chi connectivity index (χ2n) is 6.79. The van der Waals surface area contributed by atoms with Gasteiger partial charge in [-0.25, -0.2) is 0 Å². The minimum Gasteiger partial charge on any atom is -0.491 e. The number of fused-ring (bicyclic) bond motifs is 1. The van der Waals surface area contributed by atoms with Crippen molar-refractivity contribution in [2.45, 2.75) is 6.10 Å². The van der Waals surface area contributed by atoms with Gasteiger partial charge in [-0.2, -0.15) is 0 Å². The lowest BCUT2D eigenvalue weighted by molar-refractivity contribution is 0.102. The maximum absolute atomic E-state index is 12.5. The second kappa shape index (κ2) is 9.07. The first-order valence-electron chi connectivity index (χ1n) is 9.40. The lowest BCUT2D eigenvalue weighted by Gasteiger charge is -2.13. The van der Waals surface area contributed by atoms with Gasteiger partial charge in [0.05, 0.1) is 0 Å². The predicted molar refractivity (Wildman–Crippen MR) is 121 cm³/mol. The molecule has 1 atom stereocenters. The number of carbonyl (C=O) groups is 1. The monoisotopic (exact) mass is 462 g/mol. The van der Waals surface area contributed by atoms with E-state index in [9.17, 15) is 9.90 Å². The van der Waals surface area contributed by atoms with Crippen LogP contribution in [0.5, 0.6) is 5.75 Å². The first-order chi connectivity index (χ1) is 14.6. The minimum atomic E-state index is -0.732. The van der Waals surface area contributed by atoms with Crippen LogP contribution in [0.15, 0.2) is 89.7 Å². The van der Waals surface area contributed by atoms with Crippen molar-refractivity contribution in [2.24, 2.45) is 0 Å². The van der Waals surface area contributed by atoms with Crippen LogP contribution in [0, 0.1) is 0 Å². The number of pyridine rings is 1. The van der Waals surface area contributed by atoms with E-state index < -0.39 is 6.10 Å². The molecule has 3 aromatic carbocycles. The number of nitrogens with zero attached hydrogens (tertiary/aromatic N) is 1. The van der Waals surface area contributed by atoms with Gasteiger partial charge in [0.2, 0.25) is 0 Å². The molecule has 150 valence electrons. The summed E-state index contributed by atoms with van der Waals surface area (Å²) < 4.78 is 6.61. The van der Waals surface area contributed by atoms with Crippen LogP contribution in [0.3, 0.4) is 0 Å². The Kier molecular flexibility index (Phi) is 6.07. The highest BCUT2D eigenvalue weighted by Crippen LogP contribution is 2.21. The smallest absolute Gasteiger partial charge is 0.255 e. The summed E-state index contributed by atoms with van der Waals surface area (Å²) in [5.74, 6) is 0.380. The fraction of sp³-hybridized carbons (Fsp3) is 0.0833. The summed E-state index contributed by atoms with van der Waals surface area (Å²) in [5, 5.41) is 15.2. The van der Waals surface area contributed by atoms with Crippen LogP contribution in [0.1, 0.15) is 22.0 Å². The van der Waals surface area contributed by atoms with E-state index >= 15 is 0 Å². The zero-order valence-corrected chi connectivity index (χ0v) is 17.5. The van der Waals surface area contributed by atoms with E-state index in [1.54, 1.807) is 36.7 Å². The minimum absolute atomic E-state index is 0.124. The molecule has 30 heavy (non-hydrogen) atoms. The van der Waals surface area contributed by atoms with Gasteiger partial charge in [-0.15, -0.1) is 0 Å². The zero-order chi connectivity index (χ0) is 20.9. The van der Waals surface area contributed by atoms with Crippen molar-refractivity contribution < 1.29 is 14.6 Å². The number of anilines is 1. The molecule has 1 aromatic heterocycles. The quantitative estimate of drug-likeness (QED) is 0.404. The van der Waals surface area contributed by atoms with Crippen LogP contribution >= 0.6 is 15.9 Å². The van der Waals surface area contributed by atoms with E-state index in [0.717, 1.165) is 26.5 Å². The summed E-state index contributed by atoms with van der Waals surface area (Å²) in [6.45, 7) is 0.124. The normalized spacial score (nSPS) is 11.8. The van der Waals surface area contributed by atoms with E-state index in [1.807, 2.05) is 48.5 Å². The van der Waals surface area contributed by atoms with Gasteiger partial charge < -0.3 is 15.2 Å². The average Bonchev–Trinajstić information content (AvgIpc) is 2.78. The van der Waals surface area contributed by atoms with Crippen LogP contribution in [0.2, 0.25) is 0 Å². The molecule has 1 unspecified atom stereocenters. The number of rotatable bonds is 6. The summed E-state index contributed by atoms with van der Waals surface area (Å²) in [6, 6.07) is 21.8. The zero-order valence-electron chi connectivity index (χ0n) is 16.0. The molecule has 0 fully saturated rings. The molecule has 1 heterocycles. The SMILES string of the molecule is O=C(Nc1ccc2cnccc2c1)c1ccc(OCC(O)c2ccc(Br)cc2)cc1.